The Hall–Kier alpha value is 1.40. The molecule has 0 aromatic heterocycles. The monoisotopic (exact) mass is 268 g/mol. The maximum atomic E-state index is 2.37. The quantitative estimate of drug-likeness (QED) is 0.461. The largest absolute Gasteiger partial charge is 0.161 e. The Kier molecular flexibility index (Phi) is 8.21. The first-order chi connectivity index (χ1) is 6.83. The molecule has 0 saturated carbocycles. The minimum atomic E-state index is 0.848. The van der Waals surface area contributed by atoms with Gasteiger partial charge in [0.2, 0.25) is 0 Å². The number of rotatable bonds is 9. The van der Waals surface area contributed by atoms with E-state index < -0.39 is 0 Å². The van der Waals surface area contributed by atoms with Crippen molar-refractivity contribution in [1.82, 2.24) is 0 Å². The molecule has 0 aromatic carbocycles. The van der Waals surface area contributed by atoms with Crippen LogP contribution in [0.4, 0.5) is 0 Å². The van der Waals surface area contributed by atoms with E-state index in [0.29, 0.717) is 0 Å². The molecule has 0 nitrogen and oxygen atoms in total. The minimum absolute atomic E-state index is 0.848. The summed E-state index contributed by atoms with van der Waals surface area (Å²) in [7, 11) is 0. The summed E-state index contributed by atoms with van der Waals surface area (Å²) >= 11 is 8.46. The molecule has 0 amide bonds. The van der Waals surface area contributed by atoms with Crippen molar-refractivity contribution >= 4 is 47.0 Å². The molecular weight excluding hydrogens is 248 g/mol. The molecule has 0 aliphatic carbocycles. The van der Waals surface area contributed by atoms with Gasteiger partial charge in [-0.1, -0.05) is 13.8 Å². The van der Waals surface area contributed by atoms with Gasteiger partial charge in [0, 0.05) is 39.3 Å². The molecule has 0 bridgehead atoms. The fourth-order valence-corrected chi connectivity index (χ4v) is 5.18. The second kappa shape index (κ2) is 8.54. The lowest BCUT2D eigenvalue weighted by molar-refractivity contribution is 1.12. The van der Waals surface area contributed by atoms with Crippen LogP contribution in [0.1, 0.15) is 13.8 Å². The molecular formula is C10H20S4. The predicted octanol–water partition coefficient (Wildman–Crippen LogP) is 3.71. The van der Waals surface area contributed by atoms with Gasteiger partial charge in [-0.3, -0.25) is 0 Å². The maximum Gasteiger partial charge on any atom is 0.0229 e. The zero-order valence-electron chi connectivity index (χ0n) is 9.03. The second-order valence-corrected chi connectivity index (χ2v) is 8.72. The Morgan fingerprint density at radius 3 is 2.79 bits per heavy atom. The fraction of sp³-hybridized carbons (Fsp3) is 1.00. The zero-order valence-corrected chi connectivity index (χ0v) is 12.3. The number of hydrogen-bond donors (Lipinski definition) is 0. The van der Waals surface area contributed by atoms with Gasteiger partial charge < -0.3 is 0 Å². The Morgan fingerprint density at radius 2 is 2.14 bits per heavy atom. The van der Waals surface area contributed by atoms with Crippen LogP contribution in [0.15, 0.2) is 0 Å². The number of hydrogen-bond acceptors (Lipinski definition) is 4. The molecule has 1 fully saturated rings. The van der Waals surface area contributed by atoms with Gasteiger partial charge in [0.15, 0.2) is 0 Å². The van der Waals surface area contributed by atoms with E-state index in [4.69, 9.17) is 0 Å². The van der Waals surface area contributed by atoms with Crippen molar-refractivity contribution in [2.75, 3.05) is 34.5 Å². The highest BCUT2D eigenvalue weighted by molar-refractivity contribution is 8.09. The van der Waals surface area contributed by atoms with Crippen LogP contribution in [0.25, 0.3) is 0 Å². The Morgan fingerprint density at radius 1 is 1.36 bits per heavy atom. The van der Waals surface area contributed by atoms with Gasteiger partial charge in [-0.05, 0) is 5.75 Å². The highest BCUT2D eigenvalue weighted by Gasteiger charge is 2.21. The third-order valence-corrected chi connectivity index (χ3v) is 7.00. The third kappa shape index (κ3) is 7.66. The van der Waals surface area contributed by atoms with E-state index in [2.05, 4.69) is 60.9 Å². The maximum absolute atomic E-state index is 2.37. The van der Waals surface area contributed by atoms with Crippen molar-refractivity contribution in [2.45, 2.75) is 24.3 Å². The molecule has 0 spiro atoms. The van der Waals surface area contributed by atoms with Crippen LogP contribution < -0.4 is 0 Å². The summed E-state index contributed by atoms with van der Waals surface area (Å²) in [5.41, 5.74) is 0. The highest BCUT2D eigenvalue weighted by atomic mass is 32.2. The number of thioether (sulfide) groups is 4. The Balaban J connectivity index is 1.79. The second-order valence-electron chi connectivity index (χ2n) is 3.37. The lowest BCUT2D eigenvalue weighted by atomic mass is 10.6. The van der Waals surface area contributed by atoms with Crippen LogP contribution in [-0.2, 0) is 0 Å². The molecule has 4 heteroatoms. The van der Waals surface area contributed by atoms with Gasteiger partial charge in [0.1, 0.15) is 0 Å². The summed E-state index contributed by atoms with van der Waals surface area (Å²) in [6.07, 6.45) is 0. The standard InChI is InChI=1S/C10H20S4/c1-3-11-4-5-13-9(2)6-12-7-10-8-14-10/h9-10H,3-8H2,1-2H3. The van der Waals surface area contributed by atoms with Gasteiger partial charge in [0.25, 0.3) is 0 Å². The molecule has 0 aromatic rings. The van der Waals surface area contributed by atoms with Crippen molar-refractivity contribution in [1.29, 1.82) is 0 Å². The molecule has 1 saturated heterocycles. The Labute approximate surface area is 106 Å². The normalized spacial score (nSPS) is 22.3. The van der Waals surface area contributed by atoms with Crippen LogP contribution in [0.2, 0.25) is 0 Å². The van der Waals surface area contributed by atoms with Crippen molar-refractivity contribution in [3.8, 4) is 0 Å². The van der Waals surface area contributed by atoms with E-state index in [1.54, 1.807) is 0 Å². The average molecular weight is 269 g/mol. The van der Waals surface area contributed by atoms with Gasteiger partial charge in [-0.15, -0.1) is 0 Å². The first-order valence-electron chi connectivity index (χ1n) is 5.21. The van der Waals surface area contributed by atoms with Gasteiger partial charge in [-0.25, -0.2) is 0 Å². The molecule has 2 atom stereocenters. The lowest BCUT2D eigenvalue weighted by Gasteiger charge is -2.09. The summed E-state index contributed by atoms with van der Waals surface area (Å²) in [6, 6.07) is 0. The third-order valence-electron chi connectivity index (χ3n) is 1.89. The van der Waals surface area contributed by atoms with Crippen molar-refractivity contribution in [3.63, 3.8) is 0 Å². The SMILES string of the molecule is CCSCCSC(C)CSCC1CS1. The lowest BCUT2D eigenvalue weighted by Crippen LogP contribution is -2.04. The molecule has 84 valence electrons. The molecule has 14 heavy (non-hydrogen) atoms. The van der Waals surface area contributed by atoms with Gasteiger partial charge in [0.05, 0.1) is 0 Å². The van der Waals surface area contributed by atoms with Crippen molar-refractivity contribution in [2.24, 2.45) is 0 Å². The molecule has 1 rings (SSSR count). The zero-order chi connectivity index (χ0) is 10.2. The van der Waals surface area contributed by atoms with E-state index in [9.17, 15) is 0 Å². The first kappa shape index (κ1) is 13.5. The molecule has 1 aliphatic heterocycles. The van der Waals surface area contributed by atoms with Crippen molar-refractivity contribution < 1.29 is 0 Å². The summed E-state index contributed by atoms with van der Waals surface area (Å²) in [4.78, 5) is 0. The van der Waals surface area contributed by atoms with E-state index in [-0.39, 0.29) is 0 Å². The molecule has 2 unspecified atom stereocenters. The van der Waals surface area contributed by atoms with E-state index in [1.807, 2.05) is 0 Å². The average Bonchev–Trinajstić information content (AvgIpc) is 2.96. The van der Waals surface area contributed by atoms with Crippen LogP contribution in [0.5, 0.6) is 0 Å². The fourth-order valence-electron chi connectivity index (χ4n) is 1.03. The van der Waals surface area contributed by atoms with E-state index in [0.717, 1.165) is 10.5 Å². The molecule has 0 radical (unpaired) electrons. The molecule has 1 aliphatic rings. The summed E-state index contributed by atoms with van der Waals surface area (Å²) in [6.45, 7) is 4.61. The van der Waals surface area contributed by atoms with E-state index in [1.165, 1.54) is 34.5 Å². The molecule has 1 heterocycles. The van der Waals surface area contributed by atoms with Crippen LogP contribution in [0.3, 0.4) is 0 Å². The van der Waals surface area contributed by atoms with Gasteiger partial charge in [-0.2, -0.15) is 47.0 Å². The smallest absolute Gasteiger partial charge is 0.0229 e. The van der Waals surface area contributed by atoms with Crippen molar-refractivity contribution in [3.05, 3.63) is 0 Å². The van der Waals surface area contributed by atoms with Crippen LogP contribution >= 0.6 is 47.0 Å². The van der Waals surface area contributed by atoms with Crippen LogP contribution in [0, 0.1) is 0 Å². The Bertz CT molecular complexity index is 136. The first-order valence-corrected chi connectivity index (χ1v) is 9.62. The van der Waals surface area contributed by atoms with Crippen LogP contribution in [-0.4, -0.2) is 45.0 Å². The summed E-state index contributed by atoms with van der Waals surface area (Å²) in [5, 5.41) is 1.86. The summed E-state index contributed by atoms with van der Waals surface area (Å²) in [5.74, 6) is 8.08. The minimum Gasteiger partial charge on any atom is -0.161 e. The summed E-state index contributed by atoms with van der Waals surface area (Å²) < 4.78 is 0. The highest BCUT2D eigenvalue weighted by Crippen LogP contribution is 2.33. The molecule has 0 N–H and O–H groups in total. The topological polar surface area (TPSA) is 0 Å². The predicted molar refractivity (Wildman–Crippen MR) is 78.5 cm³/mol. The van der Waals surface area contributed by atoms with E-state index >= 15 is 0 Å². The van der Waals surface area contributed by atoms with Gasteiger partial charge >= 0.3 is 0 Å².